The zero-order chi connectivity index (χ0) is 15.3. The molecule has 0 aliphatic rings. The maximum Gasteiger partial charge on any atom is 0.126 e. The van der Waals surface area contributed by atoms with Crippen molar-refractivity contribution in [3.63, 3.8) is 0 Å². The lowest BCUT2D eigenvalue weighted by Gasteiger charge is -2.12. The van der Waals surface area contributed by atoms with Crippen molar-refractivity contribution in [1.82, 2.24) is 10.3 Å². The molecule has 0 saturated carbocycles. The molecule has 0 aliphatic heterocycles. The minimum Gasteiger partial charge on any atom is -0.493 e. The zero-order valence-corrected chi connectivity index (χ0v) is 14.0. The average Bonchev–Trinajstić information content (AvgIpc) is 2.47. The maximum atomic E-state index is 5.92. The van der Waals surface area contributed by atoms with E-state index in [-0.39, 0.29) is 0 Å². The van der Waals surface area contributed by atoms with Gasteiger partial charge in [0.05, 0.1) is 6.61 Å². The summed E-state index contributed by atoms with van der Waals surface area (Å²) in [6.07, 6.45) is 11.5. The monoisotopic (exact) mass is 292 g/mol. The van der Waals surface area contributed by atoms with Crippen molar-refractivity contribution in [2.24, 2.45) is 5.92 Å². The molecule has 1 heterocycles. The number of aromatic nitrogens is 1. The van der Waals surface area contributed by atoms with E-state index in [1.54, 1.807) is 0 Å². The Morgan fingerprint density at radius 3 is 2.67 bits per heavy atom. The van der Waals surface area contributed by atoms with Gasteiger partial charge in [0, 0.05) is 24.5 Å². The Labute approximate surface area is 130 Å². The van der Waals surface area contributed by atoms with Gasteiger partial charge in [0.1, 0.15) is 5.75 Å². The SMILES string of the molecule is CCCCCCCCOc1ccncc1CNCC(C)C. The molecule has 1 aromatic heterocycles. The maximum absolute atomic E-state index is 5.92. The fraction of sp³-hybridized carbons (Fsp3) is 0.722. The molecule has 0 bridgehead atoms. The van der Waals surface area contributed by atoms with Gasteiger partial charge in [-0.25, -0.2) is 0 Å². The van der Waals surface area contributed by atoms with Crippen LogP contribution in [0.4, 0.5) is 0 Å². The van der Waals surface area contributed by atoms with Gasteiger partial charge < -0.3 is 10.1 Å². The minimum absolute atomic E-state index is 0.661. The summed E-state index contributed by atoms with van der Waals surface area (Å²) in [5.41, 5.74) is 1.16. The topological polar surface area (TPSA) is 34.1 Å². The molecule has 1 aromatic rings. The third-order valence-corrected chi connectivity index (χ3v) is 3.48. The third-order valence-electron chi connectivity index (χ3n) is 3.48. The molecule has 3 nitrogen and oxygen atoms in total. The Morgan fingerprint density at radius 1 is 1.14 bits per heavy atom. The molecule has 0 aromatic carbocycles. The molecule has 0 spiro atoms. The van der Waals surface area contributed by atoms with E-state index in [1.807, 2.05) is 18.5 Å². The highest BCUT2D eigenvalue weighted by Gasteiger charge is 2.04. The van der Waals surface area contributed by atoms with Gasteiger partial charge >= 0.3 is 0 Å². The Balaban J connectivity index is 2.24. The van der Waals surface area contributed by atoms with Crippen molar-refractivity contribution in [1.29, 1.82) is 0 Å². The molecule has 0 radical (unpaired) electrons. The van der Waals surface area contributed by atoms with Crippen LogP contribution < -0.4 is 10.1 Å². The van der Waals surface area contributed by atoms with E-state index in [0.717, 1.165) is 37.4 Å². The van der Waals surface area contributed by atoms with Crippen LogP contribution in [0.25, 0.3) is 0 Å². The highest BCUT2D eigenvalue weighted by atomic mass is 16.5. The summed E-state index contributed by atoms with van der Waals surface area (Å²) >= 11 is 0. The zero-order valence-electron chi connectivity index (χ0n) is 14.0. The van der Waals surface area contributed by atoms with Gasteiger partial charge in [-0.1, -0.05) is 52.9 Å². The van der Waals surface area contributed by atoms with Crippen molar-refractivity contribution in [3.05, 3.63) is 24.0 Å². The van der Waals surface area contributed by atoms with Crippen LogP contribution in [0, 0.1) is 5.92 Å². The molecule has 1 N–H and O–H groups in total. The first-order valence-electron chi connectivity index (χ1n) is 8.50. The summed E-state index contributed by atoms with van der Waals surface area (Å²) in [5, 5.41) is 3.45. The van der Waals surface area contributed by atoms with E-state index < -0.39 is 0 Å². The van der Waals surface area contributed by atoms with E-state index in [2.05, 4.69) is 31.1 Å². The molecule has 0 saturated heterocycles. The first kappa shape index (κ1) is 18.0. The Morgan fingerprint density at radius 2 is 1.90 bits per heavy atom. The summed E-state index contributed by atoms with van der Waals surface area (Å²) in [6.45, 7) is 9.34. The second-order valence-corrected chi connectivity index (χ2v) is 6.12. The van der Waals surface area contributed by atoms with Gasteiger partial charge in [-0.15, -0.1) is 0 Å². The fourth-order valence-electron chi connectivity index (χ4n) is 2.25. The molecule has 21 heavy (non-hydrogen) atoms. The van der Waals surface area contributed by atoms with Crippen LogP contribution in [-0.4, -0.2) is 18.1 Å². The molecule has 1 rings (SSSR count). The highest BCUT2D eigenvalue weighted by molar-refractivity contribution is 5.29. The minimum atomic E-state index is 0.661. The summed E-state index contributed by atoms with van der Waals surface area (Å²) in [4.78, 5) is 4.20. The van der Waals surface area contributed by atoms with Gasteiger partial charge in [0.25, 0.3) is 0 Å². The largest absolute Gasteiger partial charge is 0.493 e. The Kier molecular flexibility index (Phi) is 9.88. The number of rotatable bonds is 12. The molecular formula is C18H32N2O. The van der Waals surface area contributed by atoms with Crippen LogP contribution in [0.2, 0.25) is 0 Å². The predicted molar refractivity (Wildman–Crippen MR) is 89.7 cm³/mol. The number of unbranched alkanes of at least 4 members (excludes halogenated alkanes) is 5. The number of hydrogen-bond acceptors (Lipinski definition) is 3. The molecule has 120 valence electrons. The standard InChI is InChI=1S/C18H32N2O/c1-4-5-6-7-8-9-12-21-18-10-11-19-14-17(18)15-20-13-16(2)3/h10-11,14,16,20H,4-9,12-13,15H2,1-3H3. The number of pyridine rings is 1. The highest BCUT2D eigenvalue weighted by Crippen LogP contribution is 2.17. The van der Waals surface area contributed by atoms with Crippen LogP contribution in [0.3, 0.4) is 0 Å². The summed E-state index contributed by atoms with van der Waals surface area (Å²) < 4.78 is 5.92. The molecule has 0 atom stereocenters. The van der Waals surface area contributed by atoms with Crippen molar-refractivity contribution < 1.29 is 4.74 Å². The normalized spacial score (nSPS) is 11.0. The molecule has 0 aliphatic carbocycles. The quantitative estimate of drug-likeness (QED) is 0.573. The van der Waals surface area contributed by atoms with Gasteiger partial charge in [-0.3, -0.25) is 4.98 Å². The van der Waals surface area contributed by atoms with Gasteiger partial charge in [-0.05, 0) is 24.9 Å². The molecule has 0 fully saturated rings. The first-order chi connectivity index (χ1) is 10.2. The average molecular weight is 292 g/mol. The predicted octanol–water partition coefficient (Wildman–Crippen LogP) is 4.57. The van der Waals surface area contributed by atoms with Crippen LogP contribution in [0.1, 0.15) is 64.9 Å². The van der Waals surface area contributed by atoms with Crippen molar-refractivity contribution in [3.8, 4) is 5.75 Å². The number of hydrogen-bond donors (Lipinski definition) is 1. The summed E-state index contributed by atoms with van der Waals surface area (Å²) in [6, 6.07) is 1.98. The Bertz CT molecular complexity index is 366. The van der Waals surface area contributed by atoms with Crippen LogP contribution in [-0.2, 0) is 6.54 Å². The first-order valence-corrected chi connectivity index (χ1v) is 8.50. The third kappa shape index (κ3) is 8.71. The van der Waals surface area contributed by atoms with Crippen LogP contribution in [0.5, 0.6) is 5.75 Å². The van der Waals surface area contributed by atoms with Crippen LogP contribution in [0.15, 0.2) is 18.5 Å². The number of nitrogens with zero attached hydrogens (tertiary/aromatic N) is 1. The van der Waals surface area contributed by atoms with E-state index in [0.29, 0.717) is 5.92 Å². The smallest absolute Gasteiger partial charge is 0.126 e. The summed E-state index contributed by atoms with van der Waals surface area (Å²) in [7, 11) is 0. The molecule has 3 heteroatoms. The Hall–Kier alpha value is -1.09. The lowest BCUT2D eigenvalue weighted by atomic mass is 10.1. The number of nitrogens with one attached hydrogen (secondary N) is 1. The van der Waals surface area contributed by atoms with E-state index >= 15 is 0 Å². The van der Waals surface area contributed by atoms with Gasteiger partial charge in [0.2, 0.25) is 0 Å². The lowest BCUT2D eigenvalue weighted by molar-refractivity contribution is 0.300. The second kappa shape index (κ2) is 11.6. The second-order valence-electron chi connectivity index (χ2n) is 6.12. The molecular weight excluding hydrogens is 260 g/mol. The molecule has 0 amide bonds. The van der Waals surface area contributed by atoms with E-state index in [9.17, 15) is 0 Å². The van der Waals surface area contributed by atoms with E-state index in [1.165, 1.54) is 32.1 Å². The van der Waals surface area contributed by atoms with Gasteiger partial charge in [-0.2, -0.15) is 0 Å². The number of ether oxygens (including phenoxy) is 1. The summed E-state index contributed by atoms with van der Waals surface area (Å²) in [5.74, 6) is 1.64. The van der Waals surface area contributed by atoms with Crippen molar-refractivity contribution in [2.75, 3.05) is 13.2 Å². The van der Waals surface area contributed by atoms with Crippen molar-refractivity contribution >= 4 is 0 Å². The van der Waals surface area contributed by atoms with Crippen molar-refractivity contribution in [2.45, 2.75) is 65.8 Å². The van der Waals surface area contributed by atoms with Gasteiger partial charge in [0.15, 0.2) is 0 Å². The molecule has 0 unspecified atom stereocenters. The fourth-order valence-corrected chi connectivity index (χ4v) is 2.25. The lowest BCUT2D eigenvalue weighted by Crippen LogP contribution is -2.19. The van der Waals surface area contributed by atoms with E-state index in [4.69, 9.17) is 4.74 Å². The van der Waals surface area contributed by atoms with Crippen LogP contribution >= 0.6 is 0 Å².